The Morgan fingerprint density at radius 1 is 1.11 bits per heavy atom. The van der Waals surface area contributed by atoms with Gasteiger partial charge in [-0.05, 0) is 50.2 Å². The molecule has 0 spiro atoms. The monoisotopic (exact) mass is 405 g/mol. The van der Waals surface area contributed by atoms with Gasteiger partial charge in [0.15, 0.2) is 0 Å². The number of carbonyl (C=O) groups excluding carboxylic acids is 2. The van der Waals surface area contributed by atoms with Crippen LogP contribution in [0.1, 0.15) is 24.2 Å². The Kier molecular flexibility index (Phi) is 6.63. The number of nitrogens with zero attached hydrogens (tertiary/aromatic N) is 1. The van der Waals surface area contributed by atoms with Gasteiger partial charge in [0, 0.05) is 0 Å². The van der Waals surface area contributed by atoms with Crippen molar-refractivity contribution >= 4 is 33.2 Å². The first kappa shape index (κ1) is 21.2. The topological polar surface area (TPSA) is 119 Å². The van der Waals surface area contributed by atoms with Gasteiger partial charge in [0.05, 0.1) is 29.3 Å². The molecule has 9 heteroatoms. The van der Waals surface area contributed by atoms with Crippen LogP contribution in [0, 0.1) is 0 Å². The molecule has 2 aromatic carbocycles. The normalized spacial score (nSPS) is 11.1. The van der Waals surface area contributed by atoms with Crippen LogP contribution in [0.15, 0.2) is 48.5 Å². The van der Waals surface area contributed by atoms with Gasteiger partial charge in [0.1, 0.15) is 12.3 Å². The predicted molar refractivity (Wildman–Crippen MR) is 108 cm³/mol. The number of para-hydroxylation sites is 1. The smallest absolute Gasteiger partial charge is 0.250 e. The molecule has 8 nitrogen and oxygen atoms in total. The van der Waals surface area contributed by atoms with Gasteiger partial charge < -0.3 is 15.8 Å². The Morgan fingerprint density at radius 2 is 1.71 bits per heavy atom. The molecule has 0 aliphatic heterocycles. The molecular formula is C19H23N3O5S. The van der Waals surface area contributed by atoms with Crippen LogP contribution in [0.25, 0.3) is 0 Å². The third-order valence-corrected chi connectivity index (χ3v) is 4.79. The van der Waals surface area contributed by atoms with Gasteiger partial charge in [0.25, 0.3) is 5.91 Å². The Hall–Kier alpha value is -3.07. The quantitative estimate of drug-likeness (QED) is 0.696. The second-order valence-electron chi connectivity index (χ2n) is 6.39. The maximum absolute atomic E-state index is 12.4. The largest absolute Gasteiger partial charge is 0.491 e. The fourth-order valence-corrected chi connectivity index (χ4v) is 3.35. The summed E-state index contributed by atoms with van der Waals surface area (Å²) in [6.07, 6.45) is 0.990. The molecule has 0 heterocycles. The minimum absolute atomic E-state index is 0.0204. The molecule has 0 radical (unpaired) electrons. The average molecular weight is 405 g/mol. The molecule has 2 amide bonds. The van der Waals surface area contributed by atoms with E-state index in [4.69, 9.17) is 10.5 Å². The van der Waals surface area contributed by atoms with Gasteiger partial charge in [-0.2, -0.15) is 0 Å². The minimum atomic E-state index is -3.73. The van der Waals surface area contributed by atoms with Crippen LogP contribution in [0.2, 0.25) is 0 Å². The number of ether oxygens (including phenoxy) is 1. The maximum Gasteiger partial charge on any atom is 0.250 e. The van der Waals surface area contributed by atoms with E-state index in [0.717, 1.165) is 10.6 Å². The summed E-state index contributed by atoms with van der Waals surface area (Å²) in [6.45, 7) is 3.30. The molecule has 28 heavy (non-hydrogen) atoms. The zero-order valence-corrected chi connectivity index (χ0v) is 16.7. The summed E-state index contributed by atoms with van der Waals surface area (Å²) >= 11 is 0. The summed E-state index contributed by atoms with van der Waals surface area (Å²) in [5.74, 6) is -0.717. The number of benzene rings is 2. The first-order chi connectivity index (χ1) is 13.1. The van der Waals surface area contributed by atoms with Crippen LogP contribution in [-0.4, -0.2) is 39.1 Å². The molecule has 2 aromatic rings. The van der Waals surface area contributed by atoms with Gasteiger partial charge >= 0.3 is 0 Å². The average Bonchev–Trinajstić information content (AvgIpc) is 2.59. The zero-order valence-electron chi connectivity index (χ0n) is 15.9. The molecule has 0 bridgehead atoms. The van der Waals surface area contributed by atoms with Crippen molar-refractivity contribution in [2.45, 2.75) is 20.0 Å². The fraction of sp³-hybridized carbons (Fsp3) is 0.263. The Bertz CT molecular complexity index is 956. The number of primary amides is 1. The molecule has 0 aliphatic carbocycles. The third-order valence-electron chi connectivity index (χ3n) is 3.65. The SMILES string of the molecule is CC(C)Oc1ccc(N(CC(=O)Nc2ccccc2C(N)=O)S(C)(=O)=O)cc1. The van der Waals surface area contributed by atoms with Crippen LogP contribution in [0.4, 0.5) is 11.4 Å². The van der Waals surface area contributed by atoms with E-state index in [2.05, 4.69) is 5.32 Å². The highest BCUT2D eigenvalue weighted by molar-refractivity contribution is 7.92. The van der Waals surface area contributed by atoms with E-state index in [9.17, 15) is 18.0 Å². The number of nitrogens with one attached hydrogen (secondary N) is 1. The van der Waals surface area contributed by atoms with Gasteiger partial charge in [-0.3, -0.25) is 13.9 Å². The number of amides is 2. The van der Waals surface area contributed by atoms with Gasteiger partial charge in [-0.25, -0.2) is 8.42 Å². The molecule has 0 atom stereocenters. The number of rotatable bonds is 8. The summed E-state index contributed by atoms with van der Waals surface area (Å²) in [6, 6.07) is 12.6. The van der Waals surface area contributed by atoms with Gasteiger partial charge in [-0.1, -0.05) is 12.1 Å². The molecule has 0 aliphatic rings. The minimum Gasteiger partial charge on any atom is -0.491 e. The van der Waals surface area contributed by atoms with Crippen LogP contribution in [0.5, 0.6) is 5.75 Å². The lowest BCUT2D eigenvalue weighted by atomic mass is 10.1. The number of nitrogens with two attached hydrogens (primary N) is 1. The first-order valence-electron chi connectivity index (χ1n) is 8.51. The number of sulfonamides is 1. The molecule has 150 valence electrons. The standard InChI is InChI=1S/C19H23N3O5S/c1-13(2)27-15-10-8-14(9-11-15)22(28(3,25)26)12-18(23)21-17-7-5-4-6-16(17)19(20)24/h4-11,13H,12H2,1-3H3,(H2,20,24)(H,21,23). The summed E-state index contributed by atoms with van der Waals surface area (Å²) in [4.78, 5) is 23.9. The fourth-order valence-electron chi connectivity index (χ4n) is 2.49. The second kappa shape index (κ2) is 8.75. The zero-order chi connectivity index (χ0) is 20.9. The van der Waals surface area contributed by atoms with Crippen LogP contribution < -0.4 is 20.1 Å². The third kappa shape index (κ3) is 5.71. The van der Waals surface area contributed by atoms with Crippen LogP contribution in [0.3, 0.4) is 0 Å². The molecule has 2 rings (SSSR count). The lowest BCUT2D eigenvalue weighted by Gasteiger charge is -2.22. The van der Waals surface area contributed by atoms with E-state index in [1.54, 1.807) is 36.4 Å². The lowest BCUT2D eigenvalue weighted by Crippen LogP contribution is -2.37. The van der Waals surface area contributed by atoms with Crippen LogP contribution in [-0.2, 0) is 14.8 Å². The predicted octanol–water partition coefficient (Wildman–Crippen LogP) is 1.98. The van der Waals surface area contributed by atoms with Crippen molar-refractivity contribution in [1.82, 2.24) is 0 Å². The highest BCUT2D eigenvalue weighted by Crippen LogP contribution is 2.22. The molecule has 0 unspecified atom stereocenters. The summed E-state index contributed by atoms with van der Waals surface area (Å²) < 4.78 is 30.9. The van der Waals surface area contributed by atoms with Crippen molar-refractivity contribution in [3.63, 3.8) is 0 Å². The van der Waals surface area contributed by atoms with E-state index in [1.165, 1.54) is 12.1 Å². The molecule has 0 fully saturated rings. The Morgan fingerprint density at radius 3 is 2.25 bits per heavy atom. The number of hydrogen-bond donors (Lipinski definition) is 2. The van der Waals surface area contributed by atoms with Gasteiger partial charge in [0.2, 0.25) is 15.9 Å². The molecule has 3 N–H and O–H groups in total. The van der Waals surface area contributed by atoms with Gasteiger partial charge in [-0.15, -0.1) is 0 Å². The van der Waals surface area contributed by atoms with Crippen molar-refractivity contribution in [3.05, 3.63) is 54.1 Å². The summed E-state index contributed by atoms with van der Waals surface area (Å²) in [5, 5.41) is 2.53. The van der Waals surface area contributed by atoms with E-state index < -0.39 is 28.4 Å². The first-order valence-corrected chi connectivity index (χ1v) is 10.4. The van der Waals surface area contributed by atoms with E-state index in [0.29, 0.717) is 11.4 Å². The maximum atomic E-state index is 12.4. The Balaban J connectivity index is 2.21. The highest BCUT2D eigenvalue weighted by atomic mass is 32.2. The van der Waals surface area contributed by atoms with E-state index >= 15 is 0 Å². The number of anilines is 2. The number of hydrogen-bond acceptors (Lipinski definition) is 5. The van der Waals surface area contributed by atoms with Crippen molar-refractivity contribution in [3.8, 4) is 5.75 Å². The second-order valence-corrected chi connectivity index (χ2v) is 8.29. The van der Waals surface area contributed by atoms with Crippen molar-refractivity contribution in [1.29, 1.82) is 0 Å². The summed E-state index contributed by atoms with van der Waals surface area (Å²) in [5.41, 5.74) is 5.96. The molecule has 0 saturated heterocycles. The highest BCUT2D eigenvalue weighted by Gasteiger charge is 2.22. The van der Waals surface area contributed by atoms with Crippen molar-refractivity contribution in [2.24, 2.45) is 5.73 Å². The van der Waals surface area contributed by atoms with Crippen LogP contribution >= 0.6 is 0 Å². The molecular weight excluding hydrogens is 382 g/mol. The molecule has 0 aromatic heterocycles. The Labute approximate surface area is 164 Å². The number of carbonyl (C=O) groups is 2. The van der Waals surface area contributed by atoms with Crippen molar-refractivity contribution in [2.75, 3.05) is 22.4 Å². The lowest BCUT2D eigenvalue weighted by molar-refractivity contribution is -0.114. The summed E-state index contributed by atoms with van der Waals surface area (Å²) in [7, 11) is -3.73. The van der Waals surface area contributed by atoms with E-state index in [1.807, 2.05) is 13.8 Å². The molecule has 0 saturated carbocycles. The van der Waals surface area contributed by atoms with E-state index in [-0.39, 0.29) is 17.4 Å². The van der Waals surface area contributed by atoms with Crippen molar-refractivity contribution < 1.29 is 22.7 Å².